The molecule has 0 bridgehead atoms. The van der Waals surface area contributed by atoms with E-state index in [1.165, 1.54) is 25.3 Å². The summed E-state index contributed by atoms with van der Waals surface area (Å²) in [4.78, 5) is 0.145. The summed E-state index contributed by atoms with van der Waals surface area (Å²) in [6.45, 7) is 4.94. The highest BCUT2D eigenvalue weighted by molar-refractivity contribution is 7.89. The summed E-state index contributed by atoms with van der Waals surface area (Å²) >= 11 is 0. The molecule has 0 aliphatic heterocycles. The molecule has 3 N–H and O–H groups in total. The normalized spacial score (nSPS) is 11.8. The third kappa shape index (κ3) is 5.91. The average Bonchev–Trinajstić information content (AvgIpc) is 2.42. The second-order valence-electron chi connectivity index (χ2n) is 4.93. The molecule has 1 aromatic carbocycles. The number of methoxy groups -OCH3 is 1. The van der Waals surface area contributed by atoms with E-state index in [0.717, 1.165) is 12.8 Å². The van der Waals surface area contributed by atoms with Crippen LogP contribution in [0.3, 0.4) is 0 Å². The highest BCUT2D eigenvalue weighted by Crippen LogP contribution is 2.24. The van der Waals surface area contributed by atoms with Crippen molar-refractivity contribution >= 4 is 15.7 Å². The van der Waals surface area contributed by atoms with Gasteiger partial charge in [-0.15, -0.1) is 0 Å². The Kier molecular flexibility index (Phi) is 6.94. The number of nitrogens with two attached hydrogens (primary N) is 1. The number of nitrogens with one attached hydrogen (secondary N) is 1. The Bertz CT molecular complexity index is 544. The van der Waals surface area contributed by atoms with Crippen molar-refractivity contribution in [2.75, 3.05) is 26.0 Å². The summed E-state index contributed by atoms with van der Waals surface area (Å²) in [7, 11) is -2.09. The molecule has 120 valence electrons. The maximum Gasteiger partial charge on any atom is 0.240 e. The number of hydrogen-bond acceptors (Lipinski definition) is 5. The number of sulfonamides is 1. The predicted molar refractivity (Wildman–Crippen MR) is 82.9 cm³/mol. The molecular formula is C14H24N2O4S. The number of hydrogen-bond donors (Lipinski definition) is 2. The molecule has 21 heavy (non-hydrogen) atoms. The number of ether oxygens (including phenoxy) is 2. The molecule has 0 saturated carbocycles. The summed E-state index contributed by atoms with van der Waals surface area (Å²) in [5.74, 6) is 0.350. The molecule has 6 nitrogen and oxygen atoms in total. The fourth-order valence-corrected chi connectivity index (χ4v) is 2.78. The van der Waals surface area contributed by atoms with E-state index in [9.17, 15) is 8.42 Å². The van der Waals surface area contributed by atoms with Gasteiger partial charge in [0.2, 0.25) is 10.0 Å². The molecule has 0 fully saturated rings. The van der Waals surface area contributed by atoms with Crippen molar-refractivity contribution in [3.05, 3.63) is 18.2 Å². The molecule has 0 atom stereocenters. The number of benzene rings is 1. The second kappa shape index (κ2) is 8.21. The fraction of sp³-hybridized carbons (Fsp3) is 0.571. The number of rotatable bonds is 9. The summed E-state index contributed by atoms with van der Waals surface area (Å²) < 4.78 is 37.2. The lowest BCUT2D eigenvalue weighted by Crippen LogP contribution is -2.25. The highest BCUT2D eigenvalue weighted by atomic mass is 32.2. The zero-order valence-corrected chi connectivity index (χ0v) is 13.6. The topological polar surface area (TPSA) is 90.7 Å². The lowest BCUT2D eigenvalue weighted by molar-refractivity contribution is 0.0762. The zero-order chi connectivity index (χ0) is 15.9. The standard InChI is InChI=1S/C14H24N2O4S/c1-11(2)20-9-5-4-8-16-21(17,18)12-6-7-13(15)14(10-12)19-3/h6-7,10-11,16H,4-5,8-9,15H2,1-3H3. The highest BCUT2D eigenvalue weighted by Gasteiger charge is 2.15. The van der Waals surface area contributed by atoms with E-state index in [1.807, 2.05) is 13.8 Å². The van der Waals surface area contributed by atoms with Crippen molar-refractivity contribution in [2.24, 2.45) is 0 Å². The smallest absolute Gasteiger partial charge is 0.240 e. The number of unbranched alkanes of at least 4 members (excludes halogenated alkanes) is 1. The quantitative estimate of drug-likeness (QED) is 0.535. The minimum Gasteiger partial charge on any atom is -0.495 e. The van der Waals surface area contributed by atoms with Crippen LogP contribution in [0, 0.1) is 0 Å². The van der Waals surface area contributed by atoms with Gasteiger partial charge >= 0.3 is 0 Å². The van der Waals surface area contributed by atoms with Crippen molar-refractivity contribution in [1.29, 1.82) is 0 Å². The van der Waals surface area contributed by atoms with E-state index in [0.29, 0.717) is 24.6 Å². The van der Waals surface area contributed by atoms with Gasteiger partial charge in [-0.25, -0.2) is 13.1 Å². The van der Waals surface area contributed by atoms with Gasteiger partial charge in [-0.1, -0.05) is 0 Å². The molecule has 0 aromatic heterocycles. The van der Waals surface area contributed by atoms with Crippen LogP contribution < -0.4 is 15.2 Å². The molecule has 0 unspecified atom stereocenters. The van der Waals surface area contributed by atoms with Gasteiger partial charge in [-0.2, -0.15) is 0 Å². The molecule has 1 aromatic rings. The summed E-state index contributed by atoms with van der Waals surface area (Å²) in [6.07, 6.45) is 1.73. The molecule has 0 radical (unpaired) electrons. The Morgan fingerprint density at radius 1 is 1.29 bits per heavy atom. The zero-order valence-electron chi connectivity index (χ0n) is 12.8. The first-order valence-corrected chi connectivity index (χ1v) is 8.40. The summed E-state index contributed by atoms with van der Waals surface area (Å²) in [5, 5.41) is 0. The minimum atomic E-state index is -3.54. The Balaban J connectivity index is 2.50. The van der Waals surface area contributed by atoms with Gasteiger partial charge in [-0.05, 0) is 38.8 Å². The Morgan fingerprint density at radius 3 is 2.62 bits per heavy atom. The first kappa shape index (κ1) is 17.7. The van der Waals surface area contributed by atoms with Gasteiger partial charge in [0, 0.05) is 19.2 Å². The lowest BCUT2D eigenvalue weighted by atomic mass is 10.3. The Hall–Kier alpha value is -1.31. The minimum absolute atomic E-state index is 0.145. The van der Waals surface area contributed by atoms with Crippen LogP contribution in [0.2, 0.25) is 0 Å². The Morgan fingerprint density at radius 2 is 2.00 bits per heavy atom. The summed E-state index contributed by atoms with van der Waals surface area (Å²) in [6, 6.07) is 4.39. The van der Waals surface area contributed by atoms with Crippen molar-refractivity contribution < 1.29 is 17.9 Å². The van der Waals surface area contributed by atoms with Gasteiger partial charge in [0.25, 0.3) is 0 Å². The van der Waals surface area contributed by atoms with Gasteiger partial charge < -0.3 is 15.2 Å². The van der Waals surface area contributed by atoms with E-state index in [1.54, 1.807) is 0 Å². The van der Waals surface area contributed by atoms with Crippen LogP contribution in [-0.4, -0.2) is 34.8 Å². The molecule has 1 rings (SSSR count). The van der Waals surface area contributed by atoms with Crippen LogP contribution in [0.1, 0.15) is 26.7 Å². The predicted octanol–water partition coefficient (Wildman–Crippen LogP) is 1.76. The SMILES string of the molecule is COc1cc(S(=O)(=O)NCCCCOC(C)C)ccc1N. The maximum absolute atomic E-state index is 12.1. The van der Waals surface area contributed by atoms with Crippen molar-refractivity contribution in [3.63, 3.8) is 0 Å². The Labute approximate surface area is 126 Å². The third-order valence-corrected chi connectivity index (χ3v) is 4.29. The first-order valence-electron chi connectivity index (χ1n) is 6.91. The molecular weight excluding hydrogens is 292 g/mol. The van der Waals surface area contributed by atoms with Crippen LogP contribution >= 0.6 is 0 Å². The van der Waals surface area contributed by atoms with Crippen LogP contribution in [0.25, 0.3) is 0 Å². The fourth-order valence-electron chi connectivity index (χ4n) is 1.69. The average molecular weight is 316 g/mol. The maximum atomic E-state index is 12.1. The monoisotopic (exact) mass is 316 g/mol. The molecule has 0 aliphatic rings. The van der Waals surface area contributed by atoms with E-state index in [2.05, 4.69) is 4.72 Å². The van der Waals surface area contributed by atoms with Crippen LogP contribution in [0.5, 0.6) is 5.75 Å². The molecule has 0 spiro atoms. The van der Waals surface area contributed by atoms with Crippen molar-refractivity contribution in [3.8, 4) is 5.75 Å². The van der Waals surface area contributed by atoms with Crippen LogP contribution in [0.15, 0.2) is 23.1 Å². The van der Waals surface area contributed by atoms with Crippen LogP contribution in [0.4, 0.5) is 5.69 Å². The van der Waals surface area contributed by atoms with Gasteiger partial charge in [0.1, 0.15) is 5.75 Å². The van der Waals surface area contributed by atoms with E-state index in [-0.39, 0.29) is 11.0 Å². The lowest BCUT2D eigenvalue weighted by Gasteiger charge is -2.10. The van der Waals surface area contributed by atoms with E-state index >= 15 is 0 Å². The number of anilines is 1. The van der Waals surface area contributed by atoms with Crippen LogP contribution in [-0.2, 0) is 14.8 Å². The third-order valence-electron chi connectivity index (χ3n) is 2.83. The van der Waals surface area contributed by atoms with Crippen molar-refractivity contribution in [2.45, 2.75) is 37.7 Å². The molecule has 0 heterocycles. The van der Waals surface area contributed by atoms with E-state index < -0.39 is 10.0 Å². The van der Waals surface area contributed by atoms with Gasteiger partial charge in [0.15, 0.2) is 0 Å². The molecule has 7 heteroatoms. The number of nitrogen functional groups attached to an aromatic ring is 1. The second-order valence-corrected chi connectivity index (χ2v) is 6.70. The van der Waals surface area contributed by atoms with Gasteiger partial charge in [-0.3, -0.25) is 0 Å². The summed E-state index contributed by atoms with van der Waals surface area (Å²) in [5.41, 5.74) is 6.07. The molecule has 0 amide bonds. The molecule has 0 saturated heterocycles. The first-order chi connectivity index (χ1) is 9.86. The van der Waals surface area contributed by atoms with Crippen molar-refractivity contribution in [1.82, 2.24) is 4.72 Å². The van der Waals surface area contributed by atoms with E-state index in [4.69, 9.17) is 15.2 Å². The molecule has 0 aliphatic carbocycles. The largest absolute Gasteiger partial charge is 0.495 e. The van der Waals surface area contributed by atoms with Gasteiger partial charge in [0.05, 0.1) is 23.8 Å².